The second-order valence-electron chi connectivity index (χ2n) is 7.08. The monoisotopic (exact) mass is 402 g/mol. The molecule has 1 unspecified atom stereocenters. The third-order valence-corrected chi connectivity index (χ3v) is 5.89. The molecule has 2 aliphatic rings. The minimum absolute atomic E-state index is 0.0479. The average Bonchev–Trinajstić information content (AvgIpc) is 2.97. The number of carbonyl (C=O) groups is 3. The highest BCUT2D eigenvalue weighted by Gasteiger charge is 2.37. The molecule has 2 aliphatic heterocycles. The van der Waals surface area contributed by atoms with E-state index >= 15 is 0 Å². The van der Waals surface area contributed by atoms with Crippen LogP contribution in [0.5, 0.6) is 5.75 Å². The zero-order valence-corrected chi connectivity index (χ0v) is 17.2. The van der Waals surface area contributed by atoms with Gasteiger partial charge in [-0.25, -0.2) is 0 Å². The molecule has 6 nitrogen and oxygen atoms in total. The van der Waals surface area contributed by atoms with Crippen molar-refractivity contribution in [1.29, 1.82) is 0 Å². The number of ether oxygens (including phenoxy) is 1. The first-order valence-corrected chi connectivity index (χ1v) is 10.6. The summed E-state index contributed by atoms with van der Waals surface area (Å²) in [6.45, 7) is 5.23. The highest BCUT2D eigenvalue weighted by Crippen LogP contribution is 2.34. The molecule has 0 N–H and O–H groups in total. The van der Waals surface area contributed by atoms with Crippen LogP contribution in [0.4, 0.5) is 4.79 Å². The van der Waals surface area contributed by atoms with Gasteiger partial charge < -0.3 is 9.64 Å². The number of amides is 3. The van der Waals surface area contributed by atoms with Gasteiger partial charge in [-0.3, -0.25) is 19.3 Å². The lowest BCUT2D eigenvalue weighted by atomic mass is 10.1. The molecular weight excluding hydrogens is 376 g/mol. The van der Waals surface area contributed by atoms with Gasteiger partial charge in [-0.05, 0) is 56.5 Å². The van der Waals surface area contributed by atoms with Crippen molar-refractivity contribution in [2.75, 3.05) is 19.6 Å². The summed E-state index contributed by atoms with van der Waals surface area (Å²) >= 11 is 0.871. The molecule has 1 aromatic carbocycles. The van der Waals surface area contributed by atoms with E-state index in [-0.39, 0.29) is 18.6 Å². The normalized spacial score (nSPS) is 20.0. The highest BCUT2D eigenvalue weighted by molar-refractivity contribution is 8.18. The number of carbonyl (C=O) groups excluding carboxylic acids is 3. The summed E-state index contributed by atoms with van der Waals surface area (Å²) < 4.78 is 5.91. The van der Waals surface area contributed by atoms with Crippen molar-refractivity contribution >= 4 is 34.9 Å². The van der Waals surface area contributed by atoms with Crippen LogP contribution in [-0.4, -0.2) is 52.6 Å². The summed E-state index contributed by atoms with van der Waals surface area (Å²) in [6.07, 6.45) is 5.65. The third kappa shape index (κ3) is 4.76. The Kier molecular flexibility index (Phi) is 6.78. The summed E-state index contributed by atoms with van der Waals surface area (Å²) in [5.74, 6) is 0.0931. The van der Waals surface area contributed by atoms with Gasteiger partial charge in [0.15, 0.2) is 0 Å². The second-order valence-corrected chi connectivity index (χ2v) is 8.08. The number of thioether (sulfide) groups is 1. The van der Waals surface area contributed by atoms with Gasteiger partial charge in [0.05, 0.1) is 11.0 Å². The molecule has 0 aromatic heterocycles. The Balaban J connectivity index is 1.73. The topological polar surface area (TPSA) is 66.9 Å². The van der Waals surface area contributed by atoms with Crippen LogP contribution in [0.15, 0.2) is 29.2 Å². The molecule has 0 saturated carbocycles. The maximum atomic E-state index is 12.7. The molecular formula is C21H26N2O4S. The minimum atomic E-state index is -0.418. The predicted octanol–water partition coefficient (Wildman–Crippen LogP) is 3.91. The second kappa shape index (κ2) is 9.28. The van der Waals surface area contributed by atoms with Crippen molar-refractivity contribution in [1.82, 2.24) is 9.80 Å². The Morgan fingerprint density at radius 3 is 2.64 bits per heavy atom. The Morgan fingerprint density at radius 2 is 1.93 bits per heavy atom. The summed E-state index contributed by atoms with van der Waals surface area (Å²) in [7, 11) is 0. The number of nitrogens with zero attached hydrogens (tertiary/aromatic N) is 2. The van der Waals surface area contributed by atoms with Crippen molar-refractivity contribution in [2.45, 2.75) is 45.6 Å². The highest BCUT2D eigenvalue weighted by atomic mass is 32.2. The Labute approximate surface area is 169 Å². The fraction of sp³-hybridized carbons (Fsp3) is 0.476. The van der Waals surface area contributed by atoms with Crippen molar-refractivity contribution in [3.63, 3.8) is 0 Å². The maximum Gasteiger partial charge on any atom is 0.294 e. The lowest BCUT2D eigenvalue weighted by Gasteiger charge is -2.27. The van der Waals surface area contributed by atoms with E-state index in [2.05, 4.69) is 0 Å². The van der Waals surface area contributed by atoms with Crippen molar-refractivity contribution < 1.29 is 19.1 Å². The molecule has 1 aromatic rings. The molecule has 2 heterocycles. The van der Waals surface area contributed by atoms with E-state index in [0.29, 0.717) is 23.7 Å². The summed E-state index contributed by atoms with van der Waals surface area (Å²) in [6, 6.07) is 7.43. The van der Waals surface area contributed by atoms with Gasteiger partial charge >= 0.3 is 0 Å². The number of para-hydroxylation sites is 1. The lowest BCUT2D eigenvalue weighted by molar-refractivity contribution is -0.136. The fourth-order valence-corrected chi connectivity index (χ4v) is 3.99. The van der Waals surface area contributed by atoms with Crippen LogP contribution in [-0.2, 0) is 9.59 Å². The maximum absolute atomic E-state index is 12.7. The summed E-state index contributed by atoms with van der Waals surface area (Å²) in [5, 5.41) is -0.401. The average molecular weight is 403 g/mol. The molecule has 28 heavy (non-hydrogen) atoms. The number of hydrogen-bond acceptors (Lipinski definition) is 5. The van der Waals surface area contributed by atoms with Crippen molar-refractivity contribution in [3.05, 3.63) is 34.7 Å². The van der Waals surface area contributed by atoms with Gasteiger partial charge in [0.25, 0.3) is 11.1 Å². The van der Waals surface area contributed by atoms with E-state index in [1.165, 1.54) is 0 Å². The SMILES string of the molecule is CCC(C)Oc1ccccc1/C=C1/SC(=O)N(CC(=O)N2CCCCC2)C1=O. The standard InChI is InChI=1S/C21H26N2O4S/c1-3-15(2)27-17-10-6-5-9-16(17)13-18-20(25)23(21(26)28-18)14-19(24)22-11-7-4-8-12-22/h5-6,9-10,13,15H,3-4,7-8,11-12,14H2,1-2H3/b18-13+. The van der Waals surface area contributed by atoms with Crippen LogP contribution in [0.3, 0.4) is 0 Å². The van der Waals surface area contributed by atoms with E-state index in [4.69, 9.17) is 4.74 Å². The molecule has 0 bridgehead atoms. The number of likely N-dealkylation sites (tertiary alicyclic amines) is 1. The van der Waals surface area contributed by atoms with E-state index in [0.717, 1.165) is 47.9 Å². The van der Waals surface area contributed by atoms with Crippen LogP contribution < -0.4 is 4.74 Å². The minimum Gasteiger partial charge on any atom is -0.490 e. The number of piperidine rings is 1. The predicted molar refractivity (Wildman–Crippen MR) is 110 cm³/mol. The summed E-state index contributed by atoms with van der Waals surface area (Å²) in [4.78, 5) is 40.6. The van der Waals surface area contributed by atoms with Crippen LogP contribution in [0.1, 0.15) is 45.1 Å². The Morgan fingerprint density at radius 1 is 1.21 bits per heavy atom. The largest absolute Gasteiger partial charge is 0.490 e. The van der Waals surface area contributed by atoms with Gasteiger partial charge in [0, 0.05) is 18.7 Å². The van der Waals surface area contributed by atoms with Gasteiger partial charge in [0.2, 0.25) is 5.91 Å². The van der Waals surface area contributed by atoms with Crippen LogP contribution in [0.25, 0.3) is 6.08 Å². The zero-order chi connectivity index (χ0) is 20.1. The van der Waals surface area contributed by atoms with Crippen LogP contribution in [0, 0.1) is 0 Å². The number of benzene rings is 1. The quantitative estimate of drug-likeness (QED) is 0.675. The first kappa shape index (κ1) is 20.5. The molecule has 2 fully saturated rings. The smallest absolute Gasteiger partial charge is 0.294 e. The Bertz CT molecular complexity index is 786. The van der Waals surface area contributed by atoms with Crippen molar-refractivity contribution in [2.24, 2.45) is 0 Å². The molecule has 0 spiro atoms. The molecule has 7 heteroatoms. The lowest BCUT2D eigenvalue weighted by Crippen LogP contribution is -2.44. The van der Waals surface area contributed by atoms with Crippen LogP contribution in [0.2, 0.25) is 0 Å². The van der Waals surface area contributed by atoms with Crippen molar-refractivity contribution in [3.8, 4) is 5.75 Å². The molecule has 1 atom stereocenters. The molecule has 3 rings (SSSR count). The molecule has 2 saturated heterocycles. The molecule has 150 valence electrons. The van der Waals surface area contributed by atoms with E-state index in [1.54, 1.807) is 11.0 Å². The molecule has 0 aliphatic carbocycles. The molecule has 0 radical (unpaired) electrons. The number of rotatable bonds is 6. The first-order valence-electron chi connectivity index (χ1n) is 9.78. The number of hydrogen-bond donors (Lipinski definition) is 0. The molecule has 3 amide bonds. The van der Waals surface area contributed by atoms with E-state index in [1.807, 2.05) is 38.1 Å². The van der Waals surface area contributed by atoms with E-state index < -0.39 is 11.1 Å². The zero-order valence-electron chi connectivity index (χ0n) is 16.3. The fourth-order valence-electron chi connectivity index (χ4n) is 3.16. The van der Waals surface area contributed by atoms with Gasteiger partial charge in [0.1, 0.15) is 12.3 Å². The van der Waals surface area contributed by atoms with Gasteiger partial charge in [-0.2, -0.15) is 0 Å². The van der Waals surface area contributed by atoms with Crippen LogP contribution >= 0.6 is 11.8 Å². The number of imide groups is 1. The summed E-state index contributed by atoms with van der Waals surface area (Å²) in [5.41, 5.74) is 0.746. The van der Waals surface area contributed by atoms with Gasteiger partial charge in [-0.1, -0.05) is 25.1 Å². The Hall–Kier alpha value is -2.28. The first-order chi connectivity index (χ1) is 13.5. The third-order valence-electron chi connectivity index (χ3n) is 4.98. The van der Waals surface area contributed by atoms with Gasteiger partial charge in [-0.15, -0.1) is 0 Å². The van der Waals surface area contributed by atoms with E-state index in [9.17, 15) is 14.4 Å².